The van der Waals surface area contributed by atoms with E-state index in [9.17, 15) is 9.90 Å². The molecule has 0 aliphatic rings. The molecule has 0 heterocycles. The summed E-state index contributed by atoms with van der Waals surface area (Å²) in [7, 11) is 3.31. The van der Waals surface area contributed by atoms with Gasteiger partial charge in [-0.05, 0) is 54.3 Å². The van der Waals surface area contributed by atoms with Crippen molar-refractivity contribution in [3.63, 3.8) is 0 Å². The number of likely N-dealkylation sites (N-methyl/N-ethyl adjacent to an activating group) is 1. The molecule has 0 aromatic heterocycles. The van der Waals surface area contributed by atoms with Gasteiger partial charge >= 0.3 is 5.97 Å². The van der Waals surface area contributed by atoms with Crippen molar-refractivity contribution >= 4 is 5.97 Å². The fourth-order valence-electron chi connectivity index (χ4n) is 3.12. The second kappa shape index (κ2) is 9.90. The van der Waals surface area contributed by atoms with Gasteiger partial charge in [0.05, 0.1) is 12.7 Å². The van der Waals surface area contributed by atoms with E-state index >= 15 is 0 Å². The number of aryl methyl sites for hydroxylation is 1. The molecule has 2 aromatic carbocycles. The molecule has 0 saturated heterocycles. The maximum atomic E-state index is 11.5. The molecule has 0 amide bonds. The van der Waals surface area contributed by atoms with Gasteiger partial charge in [-0.2, -0.15) is 0 Å². The number of ether oxygens (including phenoxy) is 2. The van der Waals surface area contributed by atoms with Crippen molar-refractivity contribution in [2.24, 2.45) is 0 Å². The molecule has 0 saturated carbocycles. The highest BCUT2D eigenvalue weighted by Crippen LogP contribution is 2.27. The zero-order chi connectivity index (χ0) is 21.6. The second-order valence-corrected chi connectivity index (χ2v) is 8.58. The summed E-state index contributed by atoms with van der Waals surface area (Å²) in [4.78, 5) is 13.5. The van der Waals surface area contributed by atoms with E-state index in [1.807, 2.05) is 37.1 Å². The first-order chi connectivity index (χ1) is 13.6. The number of esters is 1. The van der Waals surface area contributed by atoms with Crippen LogP contribution in [0.5, 0.6) is 5.75 Å². The Hall–Kier alpha value is -2.37. The number of nitrogens with zero attached hydrogens (tertiary/aromatic N) is 1. The van der Waals surface area contributed by atoms with Gasteiger partial charge in [-0.15, -0.1) is 0 Å². The maximum absolute atomic E-state index is 11.5. The molecule has 1 atom stereocenters. The third kappa shape index (κ3) is 6.87. The summed E-state index contributed by atoms with van der Waals surface area (Å²) in [6.45, 7) is 9.97. The Labute approximate surface area is 174 Å². The molecule has 5 nitrogen and oxygen atoms in total. The van der Waals surface area contributed by atoms with E-state index in [2.05, 4.69) is 32.9 Å². The summed E-state index contributed by atoms with van der Waals surface area (Å²) in [5.41, 5.74) is 4.02. The lowest BCUT2D eigenvalue weighted by molar-refractivity contribution is 0.0600. The lowest BCUT2D eigenvalue weighted by Gasteiger charge is -2.23. The van der Waals surface area contributed by atoms with Gasteiger partial charge in [0, 0.05) is 13.1 Å². The van der Waals surface area contributed by atoms with Gasteiger partial charge in [-0.3, -0.25) is 4.90 Å². The van der Waals surface area contributed by atoms with Crippen LogP contribution in [0.25, 0.3) is 0 Å². The first kappa shape index (κ1) is 22.9. The third-order valence-electron chi connectivity index (χ3n) is 4.82. The lowest BCUT2D eigenvalue weighted by atomic mass is 9.86. The van der Waals surface area contributed by atoms with Crippen molar-refractivity contribution in [1.82, 2.24) is 4.90 Å². The number of hydrogen-bond donors (Lipinski definition) is 1. The average Bonchev–Trinajstić information content (AvgIpc) is 2.66. The number of hydrogen-bond acceptors (Lipinski definition) is 5. The Morgan fingerprint density at radius 2 is 1.79 bits per heavy atom. The number of methoxy groups -OCH3 is 1. The van der Waals surface area contributed by atoms with Crippen LogP contribution in [0, 0.1) is 6.92 Å². The van der Waals surface area contributed by atoms with Crippen molar-refractivity contribution in [1.29, 1.82) is 0 Å². The van der Waals surface area contributed by atoms with Crippen molar-refractivity contribution in [3.8, 4) is 5.75 Å². The smallest absolute Gasteiger partial charge is 0.337 e. The Morgan fingerprint density at radius 1 is 1.14 bits per heavy atom. The van der Waals surface area contributed by atoms with Crippen LogP contribution in [0.15, 0.2) is 42.5 Å². The van der Waals surface area contributed by atoms with Crippen LogP contribution in [0.3, 0.4) is 0 Å². The topological polar surface area (TPSA) is 59.0 Å². The quantitative estimate of drug-likeness (QED) is 0.681. The van der Waals surface area contributed by atoms with E-state index in [1.165, 1.54) is 12.7 Å². The van der Waals surface area contributed by atoms with Crippen LogP contribution in [0.4, 0.5) is 0 Å². The number of aliphatic hydroxyl groups is 1. The molecule has 0 aliphatic heterocycles. The molecule has 1 N–H and O–H groups in total. The molecule has 0 radical (unpaired) electrons. The van der Waals surface area contributed by atoms with Crippen molar-refractivity contribution < 1.29 is 19.4 Å². The number of rotatable bonds is 8. The standard InChI is InChI=1S/C24H33NO4/c1-17-13-20(24(2,3)4)11-12-22(17)29-16-21(26)15-25(5)14-18-7-9-19(10-8-18)23(27)28-6/h7-13,21,26H,14-16H2,1-6H3. The van der Waals surface area contributed by atoms with Gasteiger partial charge < -0.3 is 14.6 Å². The lowest BCUT2D eigenvalue weighted by Crippen LogP contribution is -2.32. The summed E-state index contributed by atoms with van der Waals surface area (Å²) in [6.07, 6.45) is -0.601. The zero-order valence-corrected chi connectivity index (χ0v) is 18.4. The van der Waals surface area contributed by atoms with Crippen molar-refractivity contribution in [2.75, 3.05) is 27.3 Å². The fourth-order valence-corrected chi connectivity index (χ4v) is 3.12. The minimum Gasteiger partial charge on any atom is -0.491 e. The molecule has 1 unspecified atom stereocenters. The van der Waals surface area contributed by atoms with Crippen LogP contribution < -0.4 is 4.74 Å². The Balaban J connectivity index is 1.84. The van der Waals surface area contributed by atoms with Crippen LogP contribution in [0.2, 0.25) is 0 Å². The summed E-state index contributed by atoms with van der Waals surface area (Å²) < 4.78 is 10.6. The minimum atomic E-state index is -0.601. The summed E-state index contributed by atoms with van der Waals surface area (Å²) in [5.74, 6) is 0.460. The van der Waals surface area contributed by atoms with E-state index < -0.39 is 6.10 Å². The van der Waals surface area contributed by atoms with Crippen LogP contribution >= 0.6 is 0 Å². The highest BCUT2D eigenvalue weighted by Gasteiger charge is 2.16. The number of carbonyl (C=O) groups is 1. The molecular formula is C24H33NO4. The normalized spacial score (nSPS) is 12.7. The number of aliphatic hydroxyl groups excluding tert-OH is 1. The molecule has 0 aliphatic carbocycles. The first-order valence-corrected chi connectivity index (χ1v) is 9.88. The summed E-state index contributed by atoms with van der Waals surface area (Å²) in [6, 6.07) is 13.5. The first-order valence-electron chi connectivity index (χ1n) is 9.88. The zero-order valence-electron chi connectivity index (χ0n) is 18.4. The highest BCUT2D eigenvalue weighted by molar-refractivity contribution is 5.89. The van der Waals surface area contributed by atoms with E-state index in [0.29, 0.717) is 18.7 Å². The van der Waals surface area contributed by atoms with Gasteiger partial charge in [0.1, 0.15) is 18.5 Å². The molecule has 0 spiro atoms. The van der Waals surface area contributed by atoms with Crippen LogP contribution in [0.1, 0.15) is 47.8 Å². The van der Waals surface area contributed by atoms with E-state index in [0.717, 1.165) is 16.9 Å². The molecule has 158 valence electrons. The predicted octanol–water partition coefficient (Wildman–Crippen LogP) is 3.95. The molecule has 5 heteroatoms. The van der Waals surface area contributed by atoms with Crippen molar-refractivity contribution in [3.05, 3.63) is 64.7 Å². The monoisotopic (exact) mass is 399 g/mol. The minimum absolute atomic E-state index is 0.0978. The second-order valence-electron chi connectivity index (χ2n) is 8.58. The Kier molecular flexibility index (Phi) is 7.82. The Bertz CT molecular complexity index is 809. The SMILES string of the molecule is COC(=O)c1ccc(CN(C)CC(O)COc2ccc(C(C)(C)C)cc2C)cc1. The molecule has 29 heavy (non-hydrogen) atoms. The molecular weight excluding hydrogens is 366 g/mol. The predicted molar refractivity (Wildman–Crippen MR) is 115 cm³/mol. The van der Waals surface area contributed by atoms with E-state index in [-0.39, 0.29) is 18.0 Å². The van der Waals surface area contributed by atoms with Gasteiger partial charge in [0.25, 0.3) is 0 Å². The number of carbonyl (C=O) groups excluding carboxylic acids is 1. The van der Waals surface area contributed by atoms with Crippen molar-refractivity contribution in [2.45, 2.75) is 45.8 Å². The number of benzene rings is 2. The summed E-state index contributed by atoms with van der Waals surface area (Å²) in [5, 5.41) is 10.4. The molecule has 0 fully saturated rings. The van der Waals surface area contributed by atoms with Gasteiger partial charge in [0.15, 0.2) is 0 Å². The molecule has 0 bridgehead atoms. The Morgan fingerprint density at radius 3 is 2.34 bits per heavy atom. The molecule has 2 aromatic rings. The van der Waals surface area contributed by atoms with Gasteiger partial charge in [0.2, 0.25) is 0 Å². The van der Waals surface area contributed by atoms with E-state index in [4.69, 9.17) is 9.47 Å². The average molecular weight is 400 g/mol. The van der Waals surface area contributed by atoms with Gasteiger partial charge in [-0.1, -0.05) is 45.0 Å². The molecule has 2 rings (SSSR count). The van der Waals surface area contributed by atoms with E-state index in [1.54, 1.807) is 12.1 Å². The fraction of sp³-hybridized carbons (Fsp3) is 0.458. The van der Waals surface area contributed by atoms with Crippen LogP contribution in [-0.4, -0.2) is 49.4 Å². The largest absolute Gasteiger partial charge is 0.491 e. The van der Waals surface area contributed by atoms with Crippen LogP contribution in [-0.2, 0) is 16.7 Å². The summed E-state index contributed by atoms with van der Waals surface area (Å²) >= 11 is 0. The third-order valence-corrected chi connectivity index (χ3v) is 4.82. The van der Waals surface area contributed by atoms with Gasteiger partial charge in [-0.25, -0.2) is 4.79 Å². The maximum Gasteiger partial charge on any atom is 0.337 e. The highest BCUT2D eigenvalue weighted by atomic mass is 16.5.